The molecule has 0 amide bonds. The molecule has 2 aliphatic rings. The number of guanidine groups is 2. The normalized spacial score (nSPS) is 18.5. The number of aryl methyl sites for hydroxylation is 1. The van der Waals surface area contributed by atoms with Crippen molar-refractivity contribution < 1.29 is 0 Å². The Hall–Kier alpha value is -3.13. The Balaban J connectivity index is 1.62. The molecule has 1 aliphatic heterocycles. The molecule has 0 saturated heterocycles. The van der Waals surface area contributed by atoms with E-state index in [-0.39, 0.29) is 5.96 Å². The van der Waals surface area contributed by atoms with Crippen LogP contribution in [0.25, 0.3) is 16.7 Å². The molecular weight excluding hydrogens is 400 g/mol. The Morgan fingerprint density at radius 3 is 2.33 bits per heavy atom. The van der Waals surface area contributed by atoms with Gasteiger partial charge in [-0.25, -0.2) is 4.99 Å². The molecule has 2 aromatic carbocycles. The van der Waals surface area contributed by atoms with Crippen LogP contribution in [0.5, 0.6) is 0 Å². The van der Waals surface area contributed by atoms with Crippen LogP contribution in [-0.4, -0.2) is 32.6 Å². The number of rotatable bonds is 2. The molecule has 154 valence electrons. The average Bonchev–Trinajstić information content (AvgIpc) is 3.11. The Bertz CT molecular complexity index is 1170. The molecule has 8 nitrogen and oxygen atoms in total. The smallest absolute Gasteiger partial charge is 0.220 e. The maximum Gasteiger partial charge on any atom is 0.220 e. The summed E-state index contributed by atoms with van der Waals surface area (Å²) in [6, 6.07) is 11.5. The molecule has 4 N–H and O–H groups in total. The van der Waals surface area contributed by atoms with Crippen molar-refractivity contribution in [1.82, 2.24) is 15.0 Å². The highest BCUT2D eigenvalue weighted by atomic mass is 35.5. The van der Waals surface area contributed by atoms with Crippen molar-refractivity contribution in [2.75, 3.05) is 4.90 Å². The van der Waals surface area contributed by atoms with E-state index in [1.54, 1.807) is 4.80 Å². The fraction of sp³-hybridized carbons (Fsp3) is 0.333. The lowest BCUT2D eigenvalue weighted by Crippen LogP contribution is -2.58. The van der Waals surface area contributed by atoms with Crippen LogP contribution in [0.15, 0.2) is 46.4 Å². The van der Waals surface area contributed by atoms with Gasteiger partial charge >= 0.3 is 0 Å². The van der Waals surface area contributed by atoms with E-state index in [1.807, 2.05) is 48.2 Å². The first-order valence-electron chi connectivity index (χ1n) is 10.1. The molecule has 1 fully saturated rings. The zero-order valence-corrected chi connectivity index (χ0v) is 17.5. The van der Waals surface area contributed by atoms with Crippen LogP contribution < -0.4 is 16.4 Å². The van der Waals surface area contributed by atoms with Gasteiger partial charge in [0.15, 0.2) is 0 Å². The minimum Gasteiger partial charge on any atom is -0.369 e. The Kier molecular flexibility index (Phi) is 4.39. The highest BCUT2D eigenvalue weighted by molar-refractivity contribution is 6.30. The topological polar surface area (TPSA) is 111 Å². The lowest BCUT2D eigenvalue weighted by molar-refractivity contribution is 0.305. The van der Waals surface area contributed by atoms with E-state index in [0.29, 0.717) is 11.0 Å². The molecule has 5 rings (SSSR count). The van der Waals surface area contributed by atoms with Gasteiger partial charge in [0, 0.05) is 5.02 Å². The summed E-state index contributed by atoms with van der Waals surface area (Å²) in [6.07, 6.45) is 5.12. The van der Waals surface area contributed by atoms with Crippen molar-refractivity contribution >= 4 is 40.2 Å². The SMILES string of the molecule is Cc1cc2nn(-c3ccc(Cl)cc3)nc2cc1N1C(N)=NC(N)=NC12CCCCC2. The zero-order valence-electron chi connectivity index (χ0n) is 16.7. The quantitative estimate of drug-likeness (QED) is 0.656. The van der Waals surface area contributed by atoms with E-state index in [9.17, 15) is 0 Å². The van der Waals surface area contributed by atoms with E-state index in [2.05, 4.69) is 15.2 Å². The number of fused-ring (bicyclic) bond motifs is 1. The lowest BCUT2D eigenvalue weighted by Gasteiger charge is -2.46. The van der Waals surface area contributed by atoms with Crippen LogP contribution in [-0.2, 0) is 0 Å². The number of aromatic nitrogens is 3. The zero-order chi connectivity index (χ0) is 20.9. The van der Waals surface area contributed by atoms with E-state index >= 15 is 0 Å². The number of halogens is 1. The molecule has 0 unspecified atom stereocenters. The molecule has 0 atom stereocenters. The summed E-state index contributed by atoms with van der Waals surface area (Å²) in [5.41, 5.74) is 16.3. The first-order chi connectivity index (χ1) is 14.4. The molecule has 1 aliphatic carbocycles. The van der Waals surface area contributed by atoms with Crippen LogP contribution in [0.3, 0.4) is 0 Å². The van der Waals surface area contributed by atoms with Crippen molar-refractivity contribution in [2.24, 2.45) is 21.5 Å². The summed E-state index contributed by atoms with van der Waals surface area (Å²) in [7, 11) is 0. The summed E-state index contributed by atoms with van der Waals surface area (Å²) in [6.45, 7) is 2.04. The van der Waals surface area contributed by atoms with E-state index in [1.165, 1.54) is 6.42 Å². The molecule has 0 bridgehead atoms. The van der Waals surface area contributed by atoms with Gasteiger partial charge in [-0.1, -0.05) is 18.0 Å². The third-order valence-corrected chi connectivity index (χ3v) is 6.10. The van der Waals surface area contributed by atoms with Gasteiger partial charge in [0.05, 0.1) is 11.4 Å². The Morgan fingerprint density at radius 1 is 0.967 bits per heavy atom. The molecule has 1 aromatic heterocycles. The molecule has 1 spiro atoms. The number of aliphatic imine (C=N–C) groups is 2. The van der Waals surface area contributed by atoms with Crippen molar-refractivity contribution in [1.29, 1.82) is 0 Å². The number of nitrogens with zero attached hydrogens (tertiary/aromatic N) is 6. The van der Waals surface area contributed by atoms with Crippen LogP contribution in [0.4, 0.5) is 5.69 Å². The highest BCUT2D eigenvalue weighted by Crippen LogP contribution is 2.41. The van der Waals surface area contributed by atoms with Gasteiger partial charge in [-0.05, 0) is 74.6 Å². The first kappa shape index (κ1) is 18.9. The number of benzene rings is 2. The largest absolute Gasteiger partial charge is 0.369 e. The maximum atomic E-state index is 6.39. The average molecular weight is 423 g/mol. The summed E-state index contributed by atoms with van der Waals surface area (Å²) >= 11 is 6.00. The molecule has 0 radical (unpaired) electrons. The summed E-state index contributed by atoms with van der Waals surface area (Å²) in [4.78, 5) is 12.7. The molecule has 3 aromatic rings. The van der Waals surface area contributed by atoms with Crippen LogP contribution >= 0.6 is 11.6 Å². The predicted octanol–water partition coefficient (Wildman–Crippen LogP) is 3.49. The Labute approximate surface area is 179 Å². The third-order valence-electron chi connectivity index (χ3n) is 5.85. The number of nitrogens with two attached hydrogens (primary N) is 2. The standard InChI is InChI=1S/C21H23ClN8/c1-13-11-16-17(28-30(27-16)15-7-5-14(22)6-8-15)12-18(13)29-20(24)25-19(23)26-21(29)9-3-2-4-10-21/h5-8,11-12H,2-4,9-10H2,1H3,(H4,23,24,25,26). The summed E-state index contributed by atoms with van der Waals surface area (Å²) < 4.78 is 0. The monoisotopic (exact) mass is 422 g/mol. The van der Waals surface area contributed by atoms with Crippen LogP contribution in [0, 0.1) is 6.92 Å². The van der Waals surface area contributed by atoms with Crippen LogP contribution in [0.1, 0.15) is 37.7 Å². The predicted molar refractivity (Wildman–Crippen MR) is 120 cm³/mol. The van der Waals surface area contributed by atoms with Gasteiger partial charge in [0.1, 0.15) is 16.7 Å². The number of hydrogen-bond acceptors (Lipinski definition) is 7. The van der Waals surface area contributed by atoms with Crippen molar-refractivity contribution in [2.45, 2.75) is 44.7 Å². The van der Waals surface area contributed by atoms with Crippen molar-refractivity contribution in [3.05, 3.63) is 47.0 Å². The molecule has 1 saturated carbocycles. The van der Waals surface area contributed by atoms with Gasteiger partial charge < -0.3 is 11.5 Å². The minimum atomic E-state index is -0.487. The highest BCUT2D eigenvalue weighted by Gasteiger charge is 2.43. The fourth-order valence-electron chi connectivity index (χ4n) is 4.46. The van der Waals surface area contributed by atoms with Gasteiger partial charge in [-0.3, -0.25) is 4.90 Å². The molecule has 30 heavy (non-hydrogen) atoms. The number of anilines is 1. The van der Waals surface area contributed by atoms with E-state index < -0.39 is 5.66 Å². The number of hydrogen-bond donors (Lipinski definition) is 2. The van der Waals surface area contributed by atoms with Gasteiger partial charge in [0.2, 0.25) is 11.9 Å². The second-order valence-electron chi connectivity index (χ2n) is 7.91. The van der Waals surface area contributed by atoms with E-state index in [4.69, 9.17) is 28.1 Å². The minimum absolute atomic E-state index is 0.248. The van der Waals surface area contributed by atoms with E-state index in [0.717, 1.165) is 53.7 Å². The van der Waals surface area contributed by atoms with Crippen LogP contribution in [0.2, 0.25) is 5.02 Å². The van der Waals surface area contributed by atoms with Gasteiger partial charge in [-0.2, -0.15) is 9.79 Å². The third kappa shape index (κ3) is 3.08. The summed E-state index contributed by atoms with van der Waals surface area (Å²) in [5.74, 6) is 0.620. The van der Waals surface area contributed by atoms with Crippen molar-refractivity contribution in [3.63, 3.8) is 0 Å². The molecule has 9 heteroatoms. The molecule has 2 heterocycles. The van der Waals surface area contributed by atoms with Gasteiger partial charge in [-0.15, -0.1) is 10.2 Å². The van der Waals surface area contributed by atoms with Crippen molar-refractivity contribution in [3.8, 4) is 5.69 Å². The fourth-order valence-corrected chi connectivity index (χ4v) is 4.58. The molecular formula is C21H23ClN8. The Morgan fingerprint density at radius 2 is 1.63 bits per heavy atom. The second-order valence-corrected chi connectivity index (χ2v) is 8.35. The first-order valence-corrected chi connectivity index (χ1v) is 10.5. The lowest BCUT2D eigenvalue weighted by atomic mass is 9.87. The second kappa shape index (κ2) is 6.98. The summed E-state index contributed by atoms with van der Waals surface area (Å²) in [5, 5.41) is 9.98. The maximum absolute atomic E-state index is 6.39. The van der Waals surface area contributed by atoms with Gasteiger partial charge in [0.25, 0.3) is 0 Å².